The Bertz CT molecular complexity index is 739. The standard InChI is InChI=1S/C14H14ClF5N2O4/c1-12(2,3)22-7-5(10(23)24)9(14(18,19)20)21-8(13(15,16)17)6(7)11(25)26-4/h1-4H3,(H,21,22)(H,23,24). The highest BCUT2D eigenvalue weighted by Crippen LogP contribution is 2.43. The molecule has 1 aromatic rings. The molecule has 1 heterocycles. The zero-order valence-corrected chi connectivity index (χ0v) is 14.6. The summed E-state index contributed by atoms with van der Waals surface area (Å²) in [6.07, 6.45) is -5.41. The maximum Gasteiger partial charge on any atom is 0.434 e. The summed E-state index contributed by atoms with van der Waals surface area (Å²) >= 11 is 4.82. The zero-order valence-electron chi connectivity index (χ0n) is 13.9. The number of nitrogens with one attached hydrogen (secondary N) is 1. The van der Waals surface area contributed by atoms with Gasteiger partial charge in [-0.3, -0.25) is 0 Å². The summed E-state index contributed by atoms with van der Waals surface area (Å²) in [6.45, 7) is 4.23. The van der Waals surface area contributed by atoms with Gasteiger partial charge in [-0.1, -0.05) is 0 Å². The molecular formula is C14H14ClF5N2O4. The first-order valence-corrected chi connectivity index (χ1v) is 7.20. The molecule has 146 valence electrons. The predicted molar refractivity (Wildman–Crippen MR) is 80.7 cm³/mol. The van der Waals surface area contributed by atoms with Crippen molar-refractivity contribution >= 4 is 29.2 Å². The van der Waals surface area contributed by atoms with Gasteiger partial charge < -0.3 is 15.2 Å². The fraction of sp³-hybridized carbons (Fsp3) is 0.500. The van der Waals surface area contributed by atoms with Gasteiger partial charge in [-0.2, -0.15) is 22.0 Å². The number of anilines is 1. The fourth-order valence-corrected chi connectivity index (χ4v) is 2.14. The van der Waals surface area contributed by atoms with Crippen molar-refractivity contribution in [3.8, 4) is 0 Å². The van der Waals surface area contributed by atoms with Crippen LogP contribution in [0.25, 0.3) is 0 Å². The lowest BCUT2D eigenvalue weighted by Crippen LogP contribution is -2.32. The molecule has 1 aromatic heterocycles. The Morgan fingerprint density at radius 2 is 1.58 bits per heavy atom. The summed E-state index contributed by atoms with van der Waals surface area (Å²) in [5, 5.41) is 7.05. The molecule has 0 atom stereocenters. The van der Waals surface area contributed by atoms with Gasteiger partial charge in [0, 0.05) is 5.54 Å². The Hall–Kier alpha value is -2.17. The topological polar surface area (TPSA) is 88.5 Å². The van der Waals surface area contributed by atoms with Crippen molar-refractivity contribution in [2.75, 3.05) is 12.4 Å². The molecule has 0 amide bonds. The molecule has 26 heavy (non-hydrogen) atoms. The minimum absolute atomic E-state index is 0.775. The molecule has 0 saturated heterocycles. The van der Waals surface area contributed by atoms with E-state index in [0.717, 1.165) is 7.11 Å². The minimum Gasteiger partial charge on any atom is -0.478 e. The molecule has 2 N–H and O–H groups in total. The Morgan fingerprint density at radius 1 is 1.08 bits per heavy atom. The van der Waals surface area contributed by atoms with Gasteiger partial charge in [0.05, 0.1) is 12.8 Å². The molecule has 0 radical (unpaired) electrons. The number of carboxylic acid groups (broad SMARTS) is 1. The number of aromatic nitrogens is 1. The maximum absolute atomic E-state index is 13.7. The third-order valence-corrected chi connectivity index (χ3v) is 3.02. The van der Waals surface area contributed by atoms with Crippen LogP contribution in [0.15, 0.2) is 0 Å². The number of carboxylic acids is 1. The molecule has 0 spiro atoms. The van der Waals surface area contributed by atoms with Crippen LogP contribution in [0.3, 0.4) is 0 Å². The first-order valence-electron chi connectivity index (χ1n) is 6.83. The van der Waals surface area contributed by atoms with Gasteiger partial charge in [-0.25, -0.2) is 14.6 Å². The zero-order chi connectivity index (χ0) is 20.7. The smallest absolute Gasteiger partial charge is 0.434 e. The molecule has 0 saturated carbocycles. The molecule has 0 aliphatic carbocycles. The van der Waals surface area contributed by atoms with Crippen LogP contribution in [0, 0.1) is 0 Å². The number of nitrogens with zero attached hydrogens (tertiary/aromatic N) is 1. The molecule has 0 aromatic carbocycles. The van der Waals surface area contributed by atoms with Crippen molar-refractivity contribution in [2.24, 2.45) is 0 Å². The van der Waals surface area contributed by atoms with Crippen molar-refractivity contribution in [3.05, 3.63) is 22.5 Å². The average molecular weight is 405 g/mol. The van der Waals surface area contributed by atoms with Crippen molar-refractivity contribution in [1.82, 2.24) is 4.98 Å². The summed E-state index contributed by atoms with van der Waals surface area (Å²) < 4.78 is 71.4. The monoisotopic (exact) mass is 404 g/mol. The van der Waals surface area contributed by atoms with E-state index in [-0.39, 0.29) is 0 Å². The summed E-state index contributed by atoms with van der Waals surface area (Å²) in [5.74, 6) is -3.66. The van der Waals surface area contributed by atoms with Gasteiger partial charge in [0.1, 0.15) is 16.8 Å². The van der Waals surface area contributed by atoms with E-state index in [1.54, 1.807) is 0 Å². The second-order valence-electron chi connectivity index (χ2n) is 6.10. The number of esters is 1. The summed E-state index contributed by atoms with van der Waals surface area (Å²) in [5.41, 5.74) is -8.73. The van der Waals surface area contributed by atoms with Crippen LogP contribution in [0.4, 0.5) is 27.6 Å². The van der Waals surface area contributed by atoms with E-state index >= 15 is 0 Å². The Labute approximate surface area is 149 Å². The van der Waals surface area contributed by atoms with Crippen LogP contribution >= 0.6 is 11.6 Å². The van der Waals surface area contributed by atoms with E-state index in [2.05, 4.69) is 15.0 Å². The molecule has 12 heteroatoms. The second kappa shape index (κ2) is 6.86. The number of carbonyl (C=O) groups excluding carboxylic acids is 1. The van der Waals surface area contributed by atoms with Crippen LogP contribution in [0.5, 0.6) is 0 Å². The Balaban J connectivity index is 4.18. The van der Waals surface area contributed by atoms with Crippen LogP contribution < -0.4 is 5.32 Å². The lowest BCUT2D eigenvalue weighted by Gasteiger charge is -2.27. The first kappa shape index (κ1) is 21.9. The van der Waals surface area contributed by atoms with Crippen LogP contribution in [0.1, 0.15) is 52.9 Å². The highest BCUT2D eigenvalue weighted by atomic mass is 35.5. The second-order valence-corrected chi connectivity index (χ2v) is 6.58. The van der Waals surface area contributed by atoms with Gasteiger partial charge in [-0.15, -0.1) is 0 Å². The average Bonchev–Trinajstić information content (AvgIpc) is 2.41. The van der Waals surface area contributed by atoms with E-state index in [4.69, 9.17) is 11.6 Å². The fourth-order valence-electron chi connectivity index (χ4n) is 2.00. The molecule has 0 aliphatic rings. The number of methoxy groups -OCH3 is 1. The number of alkyl halides is 6. The van der Waals surface area contributed by atoms with Gasteiger partial charge in [0.25, 0.3) is 0 Å². The number of pyridine rings is 1. The van der Waals surface area contributed by atoms with Gasteiger partial charge in [0.2, 0.25) is 0 Å². The third kappa shape index (κ3) is 4.71. The number of halogens is 6. The SMILES string of the molecule is COC(=O)c1c(C(F)(F)Cl)nc(C(F)(F)F)c(C(=O)O)c1NC(C)(C)C. The van der Waals surface area contributed by atoms with Gasteiger partial charge >= 0.3 is 23.5 Å². The molecule has 0 aliphatic heterocycles. The number of carbonyl (C=O) groups is 2. The van der Waals surface area contributed by atoms with E-state index in [9.17, 15) is 36.6 Å². The largest absolute Gasteiger partial charge is 0.478 e. The van der Waals surface area contributed by atoms with Gasteiger partial charge in [0.15, 0.2) is 5.69 Å². The molecule has 0 unspecified atom stereocenters. The van der Waals surface area contributed by atoms with Crippen molar-refractivity contribution in [3.63, 3.8) is 0 Å². The van der Waals surface area contributed by atoms with Crippen molar-refractivity contribution < 1.29 is 41.4 Å². The minimum atomic E-state index is -5.41. The Morgan fingerprint density at radius 3 is 1.88 bits per heavy atom. The summed E-state index contributed by atoms with van der Waals surface area (Å²) in [7, 11) is 0.775. The predicted octanol–water partition coefficient (Wildman–Crippen LogP) is 4.08. The summed E-state index contributed by atoms with van der Waals surface area (Å²) in [4.78, 5) is 26.1. The normalized spacial score (nSPS) is 12.7. The maximum atomic E-state index is 13.7. The first-order chi connectivity index (χ1) is 11.5. The molecule has 0 bridgehead atoms. The van der Waals surface area contributed by atoms with E-state index in [0.29, 0.717) is 0 Å². The summed E-state index contributed by atoms with van der Waals surface area (Å²) in [6, 6.07) is 0. The number of aromatic carboxylic acids is 1. The third-order valence-electron chi connectivity index (χ3n) is 2.84. The molecular weight excluding hydrogens is 391 g/mol. The highest BCUT2D eigenvalue weighted by molar-refractivity contribution is 6.22. The molecule has 0 fully saturated rings. The highest BCUT2D eigenvalue weighted by Gasteiger charge is 2.46. The lowest BCUT2D eigenvalue weighted by molar-refractivity contribution is -0.142. The van der Waals surface area contributed by atoms with Crippen molar-refractivity contribution in [2.45, 2.75) is 37.9 Å². The van der Waals surface area contributed by atoms with Crippen LogP contribution in [-0.2, 0) is 16.3 Å². The number of hydrogen-bond acceptors (Lipinski definition) is 5. The number of ether oxygens (including phenoxy) is 1. The van der Waals surface area contributed by atoms with Gasteiger partial charge in [-0.05, 0) is 32.4 Å². The van der Waals surface area contributed by atoms with E-state index in [1.807, 2.05) is 0 Å². The number of rotatable bonds is 4. The molecule has 6 nitrogen and oxygen atoms in total. The Kier molecular flexibility index (Phi) is 5.77. The lowest BCUT2D eigenvalue weighted by atomic mass is 9.99. The number of hydrogen-bond donors (Lipinski definition) is 2. The van der Waals surface area contributed by atoms with E-state index in [1.165, 1.54) is 20.8 Å². The van der Waals surface area contributed by atoms with Crippen molar-refractivity contribution in [1.29, 1.82) is 0 Å². The van der Waals surface area contributed by atoms with Crippen LogP contribution in [0.2, 0.25) is 0 Å². The van der Waals surface area contributed by atoms with E-state index < -0.39 is 57.2 Å². The quantitative estimate of drug-likeness (QED) is 0.446. The van der Waals surface area contributed by atoms with Crippen LogP contribution in [-0.4, -0.2) is 34.7 Å². The molecule has 1 rings (SSSR count).